The fraction of sp³-hybridized carbons (Fsp3) is 0.500. The summed E-state index contributed by atoms with van der Waals surface area (Å²) in [6, 6.07) is 3.74. The van der Waals surface area contributed by atoms with Gasteiger partial charge in [-0.2, -0.15) is 0 Å². The number of carbonyl (C=O) groups is 1. The maximum atomic E-state index is 11.0. The second kappa shape index (κ2) is 5.82. The van der Waals surface area contributed by atoms with E-state index < -0.39 is 11.9 Å². The Morgan fingerprint density at radius 3 is 2.74 bits per heavy atom. The smallest absolute Gasteiger partial charge is 0.306 e. The molecule has 104 valence electrons. The van der Waals surface area contributed by atoms with Gasteiger partial charge in [-0.3, -0.25) is 4.79 Å². The van der Waals surface area contributed by atoms with Crippen molar-refractivity contribution in [2.24, 2.45) is 5.92 Å². The molecular weight excluding hydrogens is 312 g/mol. The highest BCUT2D eigenvalue weighted by atomic mass is 79.9. The van der Waals surface area contributed by atoms with Crippen molar-refractivity contribution in [3.63, 3.8) is 0 Å². The van der Waals surface area contributed by atoms with E-state index in [1.54, 1.807) is 14.0 Å². The molecule has 19 heavy (non-hydrogen) atoms. The predicted molar refractivity (Wildman–Crippen MR) is 74.8 cm³/mol. The van der Waals surface area contributed by atoms with E-state index in [0.717, 1.165) is 22.9 Å². The van der Waals surface area contributed by atoms with Crippen LogP contribution in [0.25, 0.3) is 0 Å². The molecule has 2 rings (SSSR count). The molecule has 0 heterocycles. The predicted octanol–water partition coefficient (Wildman–Crippen LogP) is 3.26. The van der Waals surface area contributed by atoms with E-state index in [2.05, 4.69) is 15.9 Å². The lowest BCUT2D eigenvalue weighted by Crippen LogP contribution is -2.13. The number of carboxylic acid groups (broad SMARTS) is 1. The van der Waals surface area contributed by atoms with Crippen LogP contribution in [0.1, 0.15) is 25.3 Å². The van der Waals surface area contributed by atoms with Crippen LogP contribution in [-0.4, -0.2) is 24.3 Å². The first-order valence-electron chi connectivity index (χ1n) is 6.27. The third kappa shape index (κ3) is 3.62. The Hall–Kier alpha value is -1.23. The molecule has 5 heteroatoms. The fourth-order valence-corrected chi connectivity index (χ4v) is 2.31. The molecule has 1 aromatic carbocycles. The van der Waals surface area contributed by atoms with Crippen molar-refractivity contribution in [1.29, 1.82) is 0 Å². The van der Waals surface area contributed by atoms with Gasteiger partial charge in [0.1, 0.15) is 0 Å². The van der Waals surface area contributed by atoms with Crippen molar-refractivity contribution in [2.45, 2.75) is 32.3 Å². The molecule has 1 unspecified atom stereocenters. The molecule has 0 spiro atoms. The number of benzene rings is 1. The lowest BCUT2D eigenvalue weighted by Gasteiger charge is -2.17. The fourth-order valence-electron chi connectivity index (χ4n) is 1.83. The zero-order valence-corrected chi connectivity index (χ0v) is 12.6. The monoisotopic (exact) mass is 328 g/mol. The second-order valence-electron chi connectivity index (χ2n) is 4.86. The molecule has 1 N–H and O–H groups in total. The van der Waals surface area contributed by atoms with Crippen molar-refractivity contribution in [3.8, 4) is 11.5 Å². The zero-order chi connectivity index (χ0) is 14.0. The van der Waals surface area contributed by atoms with Crippen molar-refractivity contribution in [2.75, 3.05) is 7.11 Å². The summed E-state index contributed by atoms with van der Waals surface area (Å²) in [6.45, 7) is 1.69. The quantitative estimate of drug-likeness (QED) is 0.870. The average Bonchev–Trinajstić information content (AvgIpc) is 3.15. The summed E-state index contributed by atoms with van der Waals surface area (Å²) in [7, 11) is 1.59. The summed E-state index contributed by atoms with van der Waals surface area (Å²) in [5.41, 5.74) is 0.869. The molecule has 0 bridgehead atoms. The van der Waals surface area contributed by atoms with E-state index in [1.165, 1.54) is 0 Å². The number of methoxy groups -OCH3 is 1. The summed E-state index contributed by atoms with van der Waals surface area (Å²) >= 11 is 3.41. The van der Waals surface area contributed by atoms with Gasteiger partial charge >= 0.3 is 5.97 Å². The highest BCUT2D eigenvalue weighted by Gasteiger charge is 2.27. The minimum atomic E-state index is -0.809. The number of carboxylic acids is 1. The molecule has 1 atom stereocenters. The normalized spacial score (nSPS) is 15.9. The van der Waals surface area contributed by atoms with Gasteiger partial charge in [-0.15, -0.1) is 0 Å². The minimum Gasteiger partial charge on any atom is -0.493 e. The van der Waals surface area contributed by atoms with Crippen LogP contribution in [0.5, 0.6) is 11.5 Å². The highest BCUT2D eigenvalue weighted by Crippen LogP contribution is 2.39. The first-order valence-corrected chi connectivity index (χ1v) is 7.06. The van der Waals surface area contributed by atoms with Gasteiger partial charge in [-0.25, -0.2) is 0 Å². The third-order valence-corrected chi connectivity index (χ3v) is 3.53. The van der Waals surface area contributed by atoms with Gasteiger partial charge in [0.2, 0.25) is 0 Å². The molecule has 0 aromatic heterocycles. The van der Waals surface area contributed by atoms with Crippen molar-refractivity contribution < 1.29 is 19.4 Å². The summed E-state index contributed by atoms with van der Waals surface area (Å²) in [4.78, 5) is 11.0. The minimum absolute atomic E-state index is 0.244. The number of aliphatic carboxylic acids is 1. The van der Waals surface area contributed by atoms with E-state index in [9.17, 15) is 4.79 Å². The first-order chi connectivity index (χ1) is 9.01. The Morgan fingerprint density at radius 2 is 2.21 bits per heavy atom. The van der Waals surface area contributed by atoms with Crippen LogP contribution < -0.4 is 9.47 Å². The summed E-state index contributed by atoms with van der Waals surface area (Å²) < 4.78 is 12.1. The van der Waals surface area contributed by atoms with Gasteiger partial charge in [-0.1, -0.05) is 22.9 Å². The van der Waals surface area contributed by atoms with E-state index in [0.29, 0.717) is 17.9 Å². The van der Waals surface area contributed by atoms with Crippen molar-refractivity contribution in [3.05, 3.63) is 22.2 Å². The number of halogens is 1. The molecule has 4 nitrogen and oxygen atoms in total. The summed E-state index contributed by atoms with van der Waals surface area (Å²) in [5, 5.41) is 9.04. The number of rotatable bonds is 6. The van der Waals surface area contributed by atoms with Gasteiger partial charge in [-0.05, 0) is 37.0 Å². The SMILES string of the molecule is COc1cc(Br)cc(CC(C)C(=O)O)c1OC1CC1. The molecule has 0 radical (unpaired) electrons. The van der Waals surface area contributed by atoms with Gasteiger partial charge in [0, 0.05) is 4.47 Å². The number of hydrogen-bond donors (Lipinski definition) is 1. The second-order valence-corrected chi connectivity index (χ2v) is 5.77. The summed E-state index contributed by atoms with van der Waals surface area (Å²) in [5.74, 6) is 0.0621. The molecule has 1 aromatic rings. The molecular formula is C14H17BrO4. The molecule has 1 saturated carbocycles. The van der Waals surface area contributed by atoms with Gasteiger partial charge < -0.3 is 14.6 Å². The standard InChI is InChI=1S/C14H17BrO4/c1-8(14(16)17)5-9-6-10(15)7-12(18-2)13(9)19-11-3-4-11/h6-8,11H,3-5H2,1-2H3,(H,16,17). The number of ether oxygens (including phenoxy) is 2. The topological polar surface area (TPSA) is 55.8 Å². The maximum absolute atomic E-state index is 11.0. The van der Waals surface area contributed by atoms with E-state index in [4.69, 9.17) is 14.6 Å². The van der Waals surface area contributed by atoms with Gasteiger partial charge in [0.05, 0.1) is 19.1 Å². The van der Waals surface area contributed by atoms with Crippen LogP contribution in [0.2, 0.25) is 0 Å². The molecule has 1 fully saturated rings. The number of hydrogen-bond acceptors (Lipinski definition) is 3. The van der Waals surface area contributed by atoms with Crippen LogP contribution >= 0.6 is 15.9 Å². The average molecular weight is 329 g/mol. The van der Waals surface area contributed by atoms with Gasteiger partial charge in [0.25, 0.3) is 0 Å². The van der Waals surface area contributed by atoms with E-state index in [-0.39, 0.29) is 6.10 Å². The van der Waals surface area contributed by atoms with Crippen LogP contribution in [0.3, 0.4) is 0 Å². The molecule has 0 amide bonds. The highest BCUT2D eigenvalue weighted by molar-refractivity contribution is 9.10. The van der Waals surface area contributed by atoms with Crippen LogP contribution in [-0.2, 0) is 11.2 Å². The molecule has 0 aliphatic heterocycles. The lowest BCUT2D eigenvalue weighted by molar-refractivity contribution is -0.141. The van der Waals surface area contributed by atoms with Gasteiger partial charge in [0.15, 0.2) is 11.5 Å². The van der Waals surface area contributed by atoms with Crippen LogP contribution in [0, 0.1) is 5.92 Å². The molecule has 1 aliphatic carbocycles. The molecule has 0 saturated heterocycles. The molecule has 1 aliphatic rings. The van der Waals surface area contributed by atoms with Crippen molar-refractivity contribution >= 4 is 21.9 Å². The Morgan fingerprint density at radius 1 is 1.53 bits per heavy atom. The van der Waals surface area contributed by atoms with E-state index in [1.807, 2.05) is 12.1 Å². The van der Waals surface area contributed by atoms with Crippen LogP contribution in [0.15, 0.2) is 16.6 Å². The van der Waals surface area contributed by atoms with Crippen LogP contribution in [0.4, 0.5) is 0 Å². The Labute approximate surface area is 120 Å². The maximum Gasteiger partial charge on any atom is 0.306 e. The zero-order valence-electron chi connectivity index (χ0n) is 11.0. The largest absolute Gasteiger partial charge is 0.493 e. The Balaban J connectivity index is 2.31. The lowest BCUT2D eigenvalue weighted by atomic mass is 10.00. The summed E-state index contributed by atoms with van der Waals surface area (Å²) in [6.07, 6.45) is 2.77. The van der Waals surface area contributed by atoms with E-state index >= 15 is 0 Å². The Bertz CT molecular complexity index is 483. The van der Waals surface area contributed by atoms with Crippen molar-refractivity contribution in [1.82, 2.24) is 0 Å². The first kappa shape index (κ1) is 14.2. The Kier molecular flexibility index (Phi) is 4.34. The third-order valence-electron chi connectivity index (χ3n) is 3.07.